The Balaban J connectivity index is 4.73. The second kappa shape index (κ2) is 6.23. The number of hydrogen-bond acceptors (Lipinski definition) is 2. The highest BCUT2D eigenvalue weighted by atomic mass is 32.4. The third kappa shape index (κ3) is 7.67. The Labute approximate surface area is 113 Å². The van der Waals surface area contributed by atoms with Gasteiger partial charge in [-0.15, -0.1) is 0 Å². The Morgan fingerprint density at radius 3 is 2.06 bits per heavy atom. The molecule has 0 N–H and O–H groups in total. The highest BCUT2D eigenvalue weighted by molar-refractivity contribution is 8.49. The van der Waals surface area contributed by atoms with Gasteiger partial charge in [-0.1, -0.05) is 20.8 Å². The van der Waals surface area contributed by atoms with E-state index in [0.717, 1.165) is 12.0 Å². The second-order valence-electron chi connectivity index (χ2n) is 6.38. The summed E-state index contributed by atoms with van der Waals surface area (Å²) in [6.45, 7) is 13.8. The minimum Gasteiger partial charge on any atom is -0.394 e. The zero-order valence-corrected chi connectivity index (χ0v) is 15.5. The van der Waals surface area contributed by atoms with Gasteiger partial charge in [0, 0.05) is 18.1 Å². The highest BCUT2D eigenvalue weighted by Gasteiger charge is 2.38. The maximum atomic E-state index is 6.33. The summed E-state index contributed by atoms with van der Waals surface area (Å²) in [7, 11) is 0.989. The number of rotatable bonds is 6. The van der Waals surface area contributed by atoms with Crippen molar-refractivity contribution in [1.82, 2.24) is 0 Å². The molecule has 0 spiro atoms. The molecule has 0 aromatic rings. The van der Waals surface area contributed by atoms with Gasteiger partial charge in [0.15, 0.2) is 0 Å². The van der Waals surface area contributed by atoms with E-state index in [0.29, 0.717) is 0 Å². The Morgan fingerprint density at radius 2 is 1.76 bits per heavy atom. The Morgan fingerprint density at radius 1 is 1.29 bits per heavy atom. The second-order valence-corrected chi connectivity index (χ2v) is 16.7. The first-order valence-electron chi connectivity index (χ1n) is 6.17. The Bertz CT molecular complexity index is 236. The Kier molecular flexibility index (Phi) is 6.49. The van der Waals surface area contributed by atoms with Crippen LogP contribution in [0.3, 0.4) is 0 Å². The lowest BCUT2D eigenvalue weighted by Crippen LogP contribution is -2.49. The normalized spacial score (nSPS) is 19.8. The Hall–Kier alpha value is 0.704. The summed E-state index contributed by atoms with van der Waals surface area (Å²) in [6, 6.07) is 0. The fraction of sp³-hybridized carbons (Fsp3) is 1.00. The topological polar surface area (TPSA) is 18.5 Å². The van der Waals surface area contributed by atoms with Crippen molar-refractivity contribution in [2.75, 3.05) is 24.5 Å². The van der Waals surface area contributed by atoms with Gasteiger partial charge in [-0.25, -0.2) is 0 Å². The summed E-state index contributed by atoms with van der Waals surface area (Å²) in [4.78, 5) is 0. The average Bonchev–Trinajstić information content (AvgIpc) is 1.97. The van der Waals surface area contributed by atoms with Crippen LogP contribution in [0.5, 0.6) is 0 Å². The summed E-state index contributed by atoms with van der Waals surface area (Å²) in [5, 5.41) is 1.03. The largest absolute Gasteiger partial charge is 0.394 e. The quantitative estimate of drug-likeness (QED) is 0.700. The lowest BCUT2D eigenvalue weighted by atomic mass is 9.91. The van der Waals surface area contributed by atoms with E-state index >= 15 is 0 Å². The van der Waals surface area contributed by atoms with Crippen molar-refractivity contribution < 1.29 is 8.85 Å². The highest BCUT2D eigenvalue weighted by Crippen LogP contribution is 2.38. The first-order valence-corrected chi connectivity index (χ1v) is 12.5. The van der Waals surface area contributed by atoms with Crippen molar-refractivity contribution in [2.24, 2.45) is 5.41 Å². The predicted molar refractivity (Wildman–Crippen MR) is 83.3 cm³/mol. The molecule has 103 valence electrons. The molecule has 2 nitrogen and oxygen atoms in total. The molecule has 5 heteroatoms. The van der Waals surface area contributed by atoms with Crippen LogP contribution in [0.15, 0.2) is 0 Å². The van der Waals surface area contributed by atoms with E-state index in [9.17, 15) is 0 Å². The zero-order chi connectivity index (χ0) is 13.9. The average molecular weight is 294 g/mol. The van der Waals surface area contributed by atoms with Crippen molar-refractivity contribution >= 4 is 27.4 Å². The minimum atomic E-state index is -2.07. The third-order valence-corrected chi connectivity index (χ3v) is 10.8. The first-order chi connectivity index (χ1) is 7.40. The van der Waals surface area contributed by atoms with Crippen molar-refractivity contribution in [1.29, 1.82) is 0 Å². The van der Waals surface area contributed by atoms with Crippen LogP contribution in [0, 0.1) is 5.41 Å². The maximum absolute atomic E-state index is 6.33. The van der Waals surface area contributed by atoms with Crippen LogP contribution in [0.2, 0.25) is 6.55 Å². The molecule has 0 fully saturated rings. The van der Waals surface area contributed by atoms with Crippen LogP contribution in [-0.4, -0.2) is 48.6 Å². The molecular formula is C12H29O2SSi2. The van der Waals surface area contributed by atoms with Crippen LogP contribution in [0.25, 0.3) is 0 Å². The van der Waals surface area contributed by atoms with E-state index in [2.05, 4.69) is 56.1 Å². The number of hydrogen-bond donors (Lipinski definition) is 0. The van der Waals surface area contributed by atoms with Gasteiger partial charge >= 0.3 is 8.56 Å². The van der Waals surface area contributed by atoms with E-state index in [1.54, 1.807) is 0 Å². The maximum Gasteiger partial charge on any atom is 0.343 e. The molecule has 0 bridgehead atoms. The molecule has 3 radical (unpaired) electrons. The molecule has 0 aliphatic carbocycles. The SMILES string of the molecule is CCO[Si](C)(CS(C)(C)[Si])OC(C)C(C)(C)C. The van der Waals surface area contributed by atoms with Crippen LogP contribution in [0.4, 0.5) is 0 Å². The molecule has 0 aliphatic rings. The molecule has 0 saturated carbocycles. The van der Waals surface area contributed by atoms with Crippen molar-refractivity contribution in [2.45, 2.75) is 47.3 Å². The lowest BCUT2D eigenvalue weighted by Gasteiger charge is -2.40. The molecule has 0 heterocycles. The summed E-state index contributed by atoms with van der Waals surface area (Å²) in [5.74, 6) is 0. The van der Waals surface area contributed by atoms with Gasteiger partial charge in [0.1, 0.15) is 0 Å². The van der Waals surface area contributed by atoms with Gasteiger partial charge in [-0.05, 0) is 38.3 Å². The molecule has 0 rings (SSSR count). The molecule has 0 aromatic carbocycles. The van der Waals surface area contributed by atoms with E-state index < -0.39 is 18.0 Å². The van der Waals surface area contributed by atoms with Gasteiger partial charge in [0.2, 0.25) is 0 Å². The standard InChI is InChI=1S/C12H29O2SSi2/c1-9-13-17(8,10-15(6,7)16)14-11(2)12(3,4)5/h11H,9-10H2,1-8H3. The van der Waals surface area contributed by atoms with E-state index in [-0.39, 0.29) is 11.5 Å². The molecule has 2 unspecified atom stereocenters. The summed E-state index contributed by atoms with van der Waals surface area (Å²) in [6.07, 6.45) is 4.72. The summed E-state index contributed by atoms with van der Waals surface area (Å²) >= 11 is 0. The van der Waals surface area contributed by atoms with Crippen molar-refractivity contribution in [3.63, 3.8) is 0 Å². The van der Waals surface area contributed by atoms with Gasteiger partial charge in [-0.3, -0.25) is 9.48 Å². The van der Waals surface area contributed by atoms with Gasteiger partial charge in [0.25, 0.3) is 0 Å². The van der Waals surface area contributed by atoms with Crippen molar-refractivity contribution in [3.8, 4) is 0 Å². The van der Waals surface area contributed by atoms with Gasteiger partial charge in [-0.2, -0.15) is 0 Å². The minimum absolute atomic E-state index is 0.163. The van der Waals surface area contributed by atoms with E-state index in [1.807, 2.05) is 6.92 Å². The fourth-order valence-electron chi connectivity index (χ4n) is 1.62. The van der Waals surface area contributed by atoms with E-state index in [4.69, 9.17) is 8.85 Å². The van der Waals surface area contributed by atoms with Gasteiger partial charge < -0.3 is 8.85 Å². The fourth-order valence-corrected chi connectivity index (χ4v) is 11.6. The van der Waals surface area contributed by atoms with Crippen molar-refractivity contribution in [3.05, 3.63) is 0 Å². The third-order valence-electron chi connectivity index (χ3n) is 2.72. The van der Waals surface area contributed by atoms with Crippen LogP contribution in [0.1, 0.15) is 34.6 Å². The molecule has 0 aromatic heterocycles. The van der Waals surface area contributed by atoms with Crippen LogP contribution in [-0.2, 0) is 8.85 Å². The zero-order valence-electron chi connectivity index (χ0n) is 12.7. The molecule has 2 atom stereocenters. The predicted octanol–water partition coefficient (Wildman–Crippen LogP) is 3.23. The summed E-state index contributed by atoms with van der Waals surface area (Å²) < 4.78 is 12.3. The molecule has 17 heavy (non-hydrogen) atoms. The smallest absolute Gasteiger partial charge is 0.343 e. The van der Waals surface area contributed by atoms with E-state index in [1.165, 1.54) is 0 Å². The van der Waals surface area contributed by atoms with Crippen LogP contribution >= 0.6 is 9.48 Å². The first kappa shape index (κ1) is 17.7. The molecule has 0 amide bonds. The molecular weight excluding hydrogens is 264 g/mol. The molecule has 0 aliphatic heterocycles. The van der Waals surface area contributed by atoms with Gasteiger partial charge in [0.05, 0.1) is 9.39 Å². The summed E-state index contributed by atoms with van der Waals surface area (Å²) in [5.41, 5.74) is 0.163. The van der Waals surface area contributed by atoms with Crippen LogP contribution < -0.4 is 0 Å². The lowest BCUT2D eigenvalue weighted by molar-refractivity contribution is 0.0588. The molecule has 0 saturated heterocycles. The monoisotopic (exact) mass is 293 g/mol.